The molecule has 13 heavy (non-hydrogen) atoms. The molecule has 0 aliphatic heterocycles. The van der Waals surface area contributed by atoms with Crippen LogP contribution in [0.25, 0.3) is 0 Å². The van der Waals surface area contributed by atoms with Crippen molar-refractivity contribution in [3.05, 3.63) is 23.1 Å². The summed E-state index contributed by atoms with van der Waals surface area (Å²) in [4.78, 5) is 9.83. The van der Waals surface area contributed by atoms with Gasteiger partial charge in [0.25, 0.3) is 0 Å². The molecule has 4 N–H and O–H groups in total. The lowest BCUT2D eigenvalue weighted by Gasteiger charge is -2.01. The van der Waals surface area contributed by atoms with E-state index in [1.54, 1.807) is 0 Å². The first-order chi connectivity index (χ1) is 5.95. The van der Waals surface area contributed by atoms with Crippen LogP contribution in [0, 0.1) is 4.91 Å². The van der Waals surface area contributed by atoms with Crippen molar-refractivity contribution in [1.29, 1.82) is 0 Å². The van der Waals surface area contributed by atoms with E-state index in [1.165, 1.54) is 6.07 Å². The first-order valence-electron chi connectivity index (χ1n) is 3.21. The van der Waals surface area contributed by atoms with Gasteiger partial charge in [0.2, 0.25) is 10.0 Å². The van der Waals surface area contributed by atoms with Crippen molar-refractivity contribution in [3.63, 3.8) is 0 Å². The molecular weight excluding hydrogens is 194 g/mol. The lowest BCUT2D eigenvalue weighted by atomic mass is 10.3. The van der Waals surface area contributed by atoms with Crippen LogP contribution in [0.2, 0.25) is 0 Å². The van der Waals surface area contributed by atoms with Gasteiger partial charge in [0, 0.05) is 0 Å². The minimum atomic E-state index is -3.83. The molecule has 0 spiro atoms. The third-order valence-corrected chi connectivity index (χ3v) is 2.39. The number of nitroso groups, excluding NO2 is 1. The molecule has 0 aliphatic carbocycles. The molecule has 0 saturated carbocycles. The molecule has 1 rings (SSSR count). The Balaban J connectivity index is 3.37. The molecule has 0 saturated heterocycles. The molecule has 0 radical (unpaired) electrons. The number of benzene rings is 1. The Morgan fingerprint density at radius 2 is 1.92 bits per heavy atom. The predicted octanol–water partition coefficient (Wildman–Crippen LogP) is 0.314. The zero-order chi connectivity index (χ0) is 10.1. The zero-order valence-electron chi connectivity index (χ0n) is 6.47. The van der Waals surface area contributed by atoms with Gasteiger partial charge in [0.15, 0.2) is 0 Å². The van der Waals surface area contributed by atoms with Crippen LogP contribution in [0.4, 0.5) is 11.4 Å². The topological polar surface area (TPSA) is 116 Å². The Hall–Kier alpha value is -1.47. The first-order valence-corrected chi connectivity index (χ1v) is 4.75. The molecule has 0 bridgehead atoms. The Morgan fingerprint density at radius 3 is 2.31 bits per heavy atom. The molecule has 0 unspecified atom stereocenters. The summed E-state index contributed by atoms with van der Waals surface area (Å²) < 4.78 is 21.7. The Bertz CT molecular complexity index is 440. The summed E-state index contributed by atoms with van der Waals surface area (Å²) in [5.41, 5.74) is 5.30. The van der Waals surface area contributed by atoms with Crippen molar-refractivity contribution < 1.29 is 8.42 Å². The van der Waals surface area contributed by atoms with Crippen LogP contribution >= 0.6 is 0 Å². The lowest BCUT2D eigenvalue weighted by molar-refractivity contribution is 0.598. The highest BCUT2D eigenvalue weighted by atomic mass is 32.2. The van der Waals surface area contributed by atoms with Gasteiger partial charge >= 0.3 is 0 Å². The second kappa shape index (κ2) is 3.11. The number of hydrogen-bond acceptors (Lipinski definition) is 5. The van der Waals surface area contributed by atoms with Crippen LogP contribution in [-0.2, 0) is 10.0 Å². The average molecular weight is 201 g/mol. The number of nitrogen functional groups attached to an aromatic ring is 1. The fraction of sp³-hybridized carbons (Fsp3) is 0. The van der Waals surface area contributed by atoms with E-state index in [-0.39, 0.29) is 16.3 Å². The van der Waals surface area contributed by atoms with Crippen molar-refractivity contribution in [1.82, 2.24) is 0 Å². The van der Waals surface area contributed by atoms with Gasteiger partial charge in [-0.1, -0.05) is 0 Å². The molecule has 1 aromatic carbocycles. The first kappa shape index (κ1) is 9.62. The maximum Gasteiger partial charge on any atom is 0.240 e. The highest BCUT2D eigenvalue weighted by Crippen LogP contribution is 2.22. The van der Waals surface area contributed by atoms with E-state index in [9.17, 15) is 13.3 Å². The number of nitrogens with zero attached hydrogens (tertiary/aromatic N) is 1. The monoisotopic (exact) mass is 201 g/mol. The normalized spacial score (nSPS) is 11.2. The summed E-state index contributed by atoms with van der Waals surface area (Å²) in [5, 5.41) is 7.42. The van der Waals surface area contributed by atoms with Gasteiger partial charge in [-0.2, -0.15) is 0 Å². The molecule has 0 atom stereocenters. The van der Waals surface area contributed by atoms with Gasteiger partial charge in [-0.05, 0) is 23.4 Å². The molecule has 70 valence electrons. The number of nitrogens with two attached hydrogens (primary N) is 2. The van der Waals surface area contributed by atoms with E-state index >= 15 is 0 Å². The summed E-state index contributed by atoms with van der Waals surface area (Å²) >= 11 is 0. The van der Waals surface area contributed by atoms with E-state index in [1.807, 2.05) is 0 Å². The Kier molecular flexibility index (Phi) is 2.30. The van der Waals surface area contributed by atoms with E-state index in [0.717, 1.165) is 12.1 Å². The van der Waals surface area contributed by atoms with Crippen molar-refractivity contribution in [2.75, 3.05) is 5.73 Å². The second-order valence-corrected chi connectivity index (χ2v) is 3.89. The third kappa shape index (κ3) is 2.01. The van der Waals surface area contributed by atoms with Gasteiger partial charge in [-0.25, -0.2) is 13.6 Å². The molecule has 1 aromatic rings. The van der Waals surface area contributed by atoms with Crippen molar-refractivity contribution in [3.8, 4) is 0 Å². The predicted molar refractivity (Wildman–Crippen MR) is 47.7 cm³/mol. The summed E-state index contributed by atoms with van der Waals surface area (Å²) in [6.07, 6.45) is 0. The zero-order valence-corrected chi connectivity index (χ0v) is 7.28. The van der Waals surface area contributed by atoms with Crippen LogP contribution < -0.4 is 10.9 Å². The second-order valence-electron chi connectivity index (χ2n) is 2.36. The van der Waals surface area contributed by atoms with E-state index in [2.05, 4.69) is 5.18 Å². The fourth-order valence-corrected chi connectivity index (χ4v) is 1.50. The van der Waals surface area contributed by atoms with Gasteiger partial charge in [0.05, 0.1) is 5.69 Å². The molecule has 0 aromatic heterocycles. The van der Waals surface area contributed by atoms with Crippen molar-refractivity contribution >= 4 is 21.4 Å². The number of anilines is 1. The van der Waals surface area contributed by atoms with Gasteiger partial charge in [0.1, 0.15) is 10.6 Å². The number of rotatable bonds is 2. The molecule has 0 fully saturated rings. The minimum Gasteiger partial charge on any atom is -0.398 e. The van der Waals surface area contributed by atoms with Gasteiger partial charge in [-0.15, -0.1) is 4.91 Å². The van der Waals surface area contributed by atoms with Crippen LogP contribution in [0.1, 0.15) is 0 Å². The van der Waals surface area contributed by atoms with E-state index < -0.39 is 10.0 Å². The largest absolute Gasteiger partial charge is 0.398 e. The SMILES string of the molecule is Nc1cc(N=O)ccc1S(N)(=O)=O. The fourth-order valence-electron chi connectivity index (χ4n) is 0.852. The molecule has 0 aliphatic rings. The summed E-state index contributed by atoms with van der Waals surface area (Å²) in [7, 11) is -3.83. The van der Waals surface area contributed by atoms with Crippen molar-refractivity contribution in [2.24, 2.45) is 10.3 Å². The number of primary sulfonamides is 1. The maximum atomic E-state index is 10.8. The molecular formula is C6H7N3O3S. The minimum absolute atomic E-state index is 0.0601. The highest BCUT2D eigenvalue weighted by molar-refractivity contribution is 7.89. The van der Waals surface area contributed by atoms with Crippen molar-refractivity contribution in [2.45, 2.75) is 4.90 Å². The Labute approximate surface area is 74.6 Å². The van der Waals surface area contributed by atoms with Crippen LogP contribution in [0.15, 0.2) is 28.3 Å². The summed E-state index contributed by atoms with van der Waals surface area (Å²) in [6, 6.07) is 3.51. The smallest absolute Gasteiger partial charge is 0.240 e. The van der Waals surface area contributed by atoms with E-state index in [0.29, 0.717) is 0 Å². The van der Waals surface area contributed by atoms with Gasteiger partial charge in [-0.3, -0.25) is 0 Å². The van der Waals surface area contributed by atoms with Crippen LogP contribution in [-0.4, -0.2) is 8.42 Å². The lowest BCUT2D eigenvalue weighted by Crippen LogP contribution is -2.13. The molecule has 7 heteroatoms. The summed E-state index contributed by atoms with van der Waals surface area (Å²) in [6.45, 7) is 0. The summed E-state index contributed by atoms with van der Waals surface area (Å²) in [5.74, 6) is 0. The van der Waals surface area contributed by atoms with Gasteiger partial charge < -0.3 is 5.73 Å². The molecule has 0 heterocycles. The van der Waals surface area contributed by atoms with E-state index in [4.69, 9.17) is 10.9 Å². The van der Waals surface area contributed by atoms with Crippen LogP contribution in [0.5, 0.6) is 0 Å². The van der Waals surface area contributed by atoms with Crippen LogP contribution in [0.3, 0.4) is 0 Å². The quantitative estimate of drug-likeness (QED) is 0.529. The maximum absolute atomic E-state index is 10.8. The number of hydrogen-bond donors (Lipinski definition) is 2. The highest BCUT2D eigenvalue weighted by Gasteiger charge is 2.11. The standard InChI is InChI=1S/C6H7N3O3S/c7-5-3-4(9-10)1-2-6(5)13(8,11)12/h1-3H,7H2,(H2,8,11,12). The molecule has 0 amide bonds. The third-order valence-electron chi connectivity index (χ3n) is 1.41. The Morgan fingerprint density at radius 1 is 1.31 bits per heavy atom. The number of sulfonamides is 1. The molecule has 6 nitrogen and oxygen atoms in total. The average Bonchev–Trinajstić information content (AvgIpc) is 2.01.